The molecule has 0 spiro atoms. The summed E-state index contributed by atoms with van der Waals surface area (Å²) in [6.45, 7) is 4.37. The SMILES string of the molecule is CCC(C)C(=O)[C@H](N)CCN. The van der Waals surface area contributed by atoms with E-state index in [1.165, 1.54) is 0 Å². The number of carbonyl (C=O) groups excluding carboxylic acids is 1. The second-order valence-corrected chi connectivity index (χ2v) is 2.90. The van der Waals surface area contributed by atoms with E-state index in [1.807, 2.05) is 13.8 Å². The monoisotopic (exact) mass is 158 g/mol. The molecule has 0 aliphatic rings. The molecule has 66 valence electrons. The summed E-state index contributed by atoms with van der Waals surface area (Å²) in [6.07, 6.45) is 1.46. The molecule has 0 heterocycles. The van der Waals surface area contributed by atoms with Gasteiger partial charge >= 0.3 is 0 Å². The van der Waals surface area contributed by atoms with Crippen molar-refractivity contribution in [1.82, 2.24) is 0 Å². The first-order chi connectivity index (χ1) is 5.13. The maximum atomic E-state index is 11.3. The number of Topliss-reactive ketones (excluding diaryl/α,β-unsaturated/α-hetero) is 1. The topological polar surface area (TPSA) is 69.1 Å². The molecule has 0 amide bonds. The number of hydrogen-bond acceptors (Lipinski definition) is 3. The van der Waals surface area contributed by atoms with Crippen molar-refractivity contribution in [2.24, 2.45) is 17.4 Å². The van der Waals surface area contributed by atoms with E-state index in [2.05, 4.69) is 0 Å². The van der Waals surface area contributed by atoms with Crippen molar-refractivity contribution >= 4 is 5.78 Å². The third-order valence-electron chi connectivity index (χ3n) is 1.94. The molecule has 11 heavy (non-hydrogen) atoms. The van der Waals surface area contributed by atoms with E-state index in [-0.39, 0.29) is 17.7 Å². The molecule has 0 saturated heterocycles. The Morgan fingerprint density at radius 3 is 2.45 bits per heavy atom. The third kappa shape index (κ3) is 3.49. The minimum atomic E-state index is -0.352. The summed E-state index contributed by atoms with van der Waals surface area (Å²) >= 11 is 0. The Hall–Kier alpha value is -0.410. The van der Waals surface area contributed by atoms with Crippen LogP contribution in [0.5, 0.6) is 0 Å². The fraction of sp³-hybridized carbons (Fsp3) is 0.875. The second-order valence-electron chi connectivity index (χ2n) is 2.90. The van der Waals surface area contributed by atoms with Gasteiger partial charge in [-0.2, -0.15) is 0 Å². The summed E-state index contributed by atoms with van der Waals surface area (Å²) in [7, 11) is 0. The fourth-order valence-corrected chi connectivity index (χ4v) is 0.888. The largest absolute Gasteiger partial charge is 0.330 e. The Morgan fingerprint density at radius 2 is 2.09 bits per heavy atom. The number of ketones is 1. The molecular formula is C8H18N2O. The van der Waals surface area contributed by atoms with Gasteiger partial charge in [-0.15, -0.1) is 0 Å². The van der Waals surface area contributed by atoms with E-state index in [4.69, 9.17) is 11.5 Å². The minimum Gasteiger partial charge on any atom is -0.330 e. The minimum absolute atomic E-state index is 0.0801. The van der Waals surface area contributed by atoms with Crippen LogP contribution in [-0.2, 0) is 4.79 Å². The van der Waals surface area contributed by atoms with Gasteiger partial charge in [-0.1, -0.05) is 13.8 Å². The normalized spacial score (nSPS) is 16.0. The van der Waals surface area contributed by atoms with Crippen molar-refractivity contribution < 1.29 is 4.79 Å². The van der Waals surface area contributed by atoms with Crippen molar-refractivity contribution in [1.29, 1.82) is 0 Å². The Balaban J connectivity index is 3.81. The highest BCUT2D eigenvalue weighted by molar-refractivity contribution is 5.85. The lowest BCUT2D eigenvalue weighted by molar-refractivity contribution is -0.123. The van der Waals surface area contributed by atoms with E-state index >= 15 is 0 Å². The van der Waals surface area contributed by atoms with Gasteiger partial charge < -0.3 is 11.5 Å². The van der Waals surface area contributed by atoms with Crippen LogP contribution >= 0.6 is 0 Å². The van der Waals surface area contributed by atoms with Crippen molar-refractivity contribution in [3.63, 3.8) is 0 Å². The molecule has 0 rings (SSSR count). The second kappa shape index (κ2) is 5.27. The van der Waals surface area contributed by atoms with Crippen LogP contribution in [0.4, 0.5) is 0 Å². The van der Waals surface area contributed by atoms with E-state index in [0.717, 1.165) is 6.42 Å². The zero-order valence-corrected chi connectivity index (χ0v) is 7.34. The molecule has 1 unspecified atom stereocenters. The van der Waals surface area contributed by atoms with Gasteiger partial charge in [0.25, 0.3) is 0 Å². The summed E-state index contributed by atoms with van der Waals surface area (Å²) < 4.78 is 0. The molecule has 3 nitrogen and oxygen atoms in total. The van der Waals surface area contributed by atoms with Gasteiger partial charge in [0.2, 0.25) is 0 Å². The molecule has 0 bridgehead atoms. The Bertz CT molecular complexity index is 125. The Morgan fingerprint density at radius 1 is 1.55 bits per heavy atom. The first-order valence-electron chi connectivity index (χ1n) is 4.12. The van der Waals surface area contributed by atoms with Crippen LogP contribution in [0.25, 0.3) is 0 Å². The zero-order valence-electron chi connectivity index (χ0n) is 7.34. The van der Waals surface area contributed by atoms with Gasteiger partial charge in [-0.25, -0.2) is 0 Å². The summed E-state index contributed by atoms with van der Waals surface area (Å²) in [5.41, 5.74) is 10.9. The third-order valence-corrected chi connectivity index (χ3v) is 1.94. The molecule has 3 heteroatoms. The Labute approximate surface area is 68.1 Å². The highest BCUT2D eigenvalue weighted by Gasteiger charge is 2.17. The van der Waals surface area contributed by atoms with Gasteiger partial charge in [-0.05, 0) is 19.4 Å². The van der Waals surface area contributed by atoms with E-state index < -0.39 is 0 Å². The summed E-state index contributed by atoms with van der Waals surface area (Å²) in [6, 6.07) is -0.352. The van der Waals surface area contributed by atoms with Crippen LogP contribution in [0.3, 0.4) is 0 Å². The quantitative estimate of drug-likeness (QED) is 0.603. The lowest BCUT2D eigenvalue weighted by Gasteiger charge is -2.13. The van der Waals surface area contributed by atoms with Gasteiger partial charge in [-0.3, -0.25) is 4.79 Å². The Kier molecular flexibility index (Phi) is 5.07. The fourth-order valence-electron chi connectivity index (χ4n) is 0.888. The smallest absolute Gasteiger partial charge is 0.152 e. The van der Waals surface area contributed by atoms with Crippen molar-refractivity contribution in [2.75, 3.05) is 6.54 Å². The molecule has 0 aliphatic carbocycles. The standard InChI is InChI=1S/C8H18N2O/c1-3-6(2)8(11)7(10)4-5-9/h6-7H,3-5,9-10H2,1-2H3/t6?,7-/m1/s1. The molecule has 0 aliphatic heterocycles. The predicted molar refractivity (Wildman–Crippen MR) is 46.1 cm³/mol. The van der Waals surface area contributed by atoms with Crippen LogP contribution in [0.15, 0.2) is 0 Å². The van der Waals surface area contributed by atoms with E-state index in [1.54, 1.807) is 0 Å². The van der Waals surface area contributed by atoms with Gasteiger partial charge in [0.15, 0.2) is 5.78 Å². The molecule has 0 aromatic heterocycles. The molecule has 0 aromatic carbocycles. The van der Waals surface area contributed by atoms with Crippen molar-refractivity contribution in [3.05, 3.63) is 0 Å². The highest BCUT2D eigenvalue weighted by Crippen LogP contribution is 2.05. The molecule has 0 saturated carbocycles. The maximum Gasteiger partial charge on any atom is 0.152 e. The summed E-state index contributed by atoms with van der Waals surface area (Å²) in [4.78, 5) is 11.3. The van der Waals surface area contributed by atoms with Crippen LogP contribution in [0, 0.1) is 5.92 Å². The summed E-state index contributed by atoms with van der Waals surface area (Å²) in [5.74, 6) is 0.217. The van der Waals surface area contributed by atoms with Gasteiger partial charge in [0.1, 0.15) is 0 Å². The van der Waals surface area contributed by atoms with Crippen LogP contribution in [-0.4, -0.2) is 18.4 Å². The van der Waals surface area contributed by atoms with Gasteiger partial charge in [0.05, 0.1) is 6.04 Å². The molecule has 0 aromatic rings. The van der Waals surface area contributed by atoms with Crippen LogP contribution < -0.4 is 11.5 Å². The lowest BCUT2D eigenvalue weighted by atomic mass is 9.96. The predicted octanol–water partition coefficient (Wildman–Crippen LogP) is 0.278. The molecule has 2 atom stereocenters. The average Bonchev–Trinajstić information content (AvgIpc) is 2.02. The first kappa shape index (κ1) is 10.6. The van der Waals surface area contributed by atoms with Gasteiger partial charge in [0, 0.05) is 5.92 Å². The first-order valence-corrected chi connectivity index (χ1v) is 4.12. The molecular weight excluding hydrogens is 140 g/mol. The van der Waals surface area contributed by atoms with Crippen molar-refractivity contribution in [3.8, 4) is 0 Å². The average molecular weight is 158 g/mol. The highest BCUT2D eigenvalue weighted by atomic mass is 16.1. The van der Waals surface area contributed by atoms with E-state index in [0.29, 0.717) is 13.0 Å². The van der Waals surface area contributed by atoms with Crippen LogP contribution in [0.2, 0.25) is 0 Å². The number of nitrogens with two attached hydrogens (primary N) is 2. The summed E-state index contributed by atoms with van der Waals surface area (Å²) in [5, 5.41) is 0. The van der Waals surface area contributed by atoms with Crippen LogP contribution in [0.1, 0.15) is 26.7 Å². The van der Waals surface area contributed by atoms with E-state index in [9.17, 15) is 4.79 Å². The maximum absolute atomic E-state index is 11.3. The zero-order chi connectivity index (χ0) is 8.85. The number of hydrogen-bond donors (Lipinski definition) is 2. The number of carbonyl (C=O) groups is 1. The molecule has 4 N–H and O–H groups in total. The van der Waals surface area contributed by atoms with Crippen molar-refractivity contribution in [2.45, 2.75) is 32.7 Å². The molecule has 0 fully saturated rings. The lowest BCUT2D eigenvalue weighted by Crippen LogP contribution is -2.36. The number of rotatable bonds is 5. The molecule has 0 radical (unpaired) electrons.